The summed E-state index contributed by atoms with van der Waals surface area (Å²) in [7, 11) is -1.13. The van der Waals surface area contributed by atoms with E-state index < -0.39 is 10.8 Å². The molecule has 0 aliphatic carbocycles. The number of aliphatic hydroxyl groups excluding tert-OH is 1. The molecule has 11 heavy (non-hydrogen) atoms. The zero-order chi connectivity index (χ0) is 8.27. The monoisotopic (exact) mass is 175 g/mol. The highest BCUT2D eigenvalue weighted by Crippen LogP contribution is 1.98. The third kappa shape index (κ3) is 1.84. The van der Waals surface area contributed by atoms with Gasteiger partial charge < -0.3 is 9.67 Å². The fourth-order valence-corrected chi connectivity index (χ4v) is 1.36. The lowest BCUT2D eigenvalue weighted by Gasteiger charge is -1.99. The summed E-state index contributed by atoms with van der Waals surface area (Å²) >= 11 is 0. The third-order valence-corrected chi connectivity index (χ3v) is 2.01. The van der Waals surface area contributed by atoms with E-state index in [2.05, 4.69) is 10.2 Å². The highest BCUT2D eigenvalue weighted by Gasteiger charge is 2.05. The topological polar surface area (TPSA) is 68.0 Å². The quantitative estimate of drug-likeness (QED) is 0.640. The fraction of sp³-hybridized carbons (Fsp3) is 0.600. The Morgan fingerprint density at radius 2 is 2.55 bits per heavy atom. The first-order valence-electron chi connectivity index (χ1n) is 3.08. The number of hydrogen-bond donors (Lipinski definition) is 1. The molecule has 1 N–H and O–H groups in total. The predicted molar refractivity (Wildman–Crippen MR) is 39.4 cm³/mol. The second kappa shape index (κ2) is 3.59. The molecule has 62 valence electrons. The second-order valence-electron chi connectivity index (χ2n) is 1.98. The van der Waals surface area contributed by atoms with Crippen LogP contribution in [0, 0.1) is 0 Å². The molecule has 1 atom stereocenters. The van der Waals surface area contributed by atoms with Gasteiger partial charge in [-0.15, -0.1) is 10.2 Å². The van der Waals surface area contributed by atoms with E-state index in [9.17, 15) is 4.21 Å². The van der Waals surface area contributed by atoms with Gasteiger partial charge in [0.05, 0.1) is 17.4 Å². The average Bonchev–Trinajstić information content (AvgIpc) is 2.36. The van der Waals surface area contributed by atoms with Gasteiger partial charge in [0.15, 0.2) is 0 Å². The normalized spacial score (nSPS) is 13.3. The maximum atomic E-state index is 10.9. The Balaban J connectivity index is 2.87. The van der Waals surface area contributed by atoms with Gasteiger partial charge in [-0.3, -0.25) is 4.21 Å². The molecule has 0 bridgehead atoms. The number of aromatic nitrogens is 3. The molecule has 0 fully saturated rings. The van der Waals surface area contributed by atoms with Gasteiger partial charge in [-0.25, -0.2) is 0 Å². The minimum Gasteiger partial charge on any atom is -0.395 e. The van der Waals surface area contributed by atoms with E-state index >= 15 is 0 Å². The molecule has 6 heteroatoms. The largest absolute Gasteiger partial charge is 0.395 e. The van der Waals surface area contributed by atoms with E-state index in [0.717, 1.165) is 0 Å². The molecule has 0 radical (unpaired) electrons. The SMILES string of the molecule is CS(=O)c1nncn1CCO. The van der Waals surface area contributed by atoms with E-state index in [1.165, 1.54) is 12.6 Å². The van der Waals surface area contributed by atoms with Crippen LogP contribution in [0.3, 0.4) is 0 Å². The Bertz CT molecular complexity index is 260. The van der Waals surface area contributed by atoms with Gasteiger partial charge in [0.2, 0.25) is 5.16 Å². The molecule has 0 aliphatic rings. The Kier molecular flexibility index (Phi) is 2.72. The van der Waals surface area contributed by atoms with Crippen molar-refractivity contribution >= 4 is 10.8 Å². The van der Waals surface area contributed by atoms with Gasteiger partial charge in [0.25, 0.3) is 0 Å². The third-order valence-electron chi connectivity index (χ3n) is 1.18. The van der Waals surface area contributed by atoms with Crippen molar-refractivity contribution in [3.8, 4) is 0 Å². The summed E-state index contributed by atoms with van der Waals surface area (Å²) < 4.78 is 12.5. The summed E-state index contributed by atoms with van der Waals surface area (Å²) in [5.41, 5.74) is 0. The second-order valence-corrected chi connectivity index (χ2v) is 3.26. The van der Waals surface area contributed by atoms with Gasteiger partial charge >= 0.3 is 0 Å². The number of nitrogens with zero attached hydrogens (tertiary/aromatic N) is 3. The van der Waals surface area contributed by atoms with E-state index in [1.807, 2.05) is 0 Å². The van der Waals surface area contributed by atoms with Crippen LogP contribution in [0.2, 0.25) is 0 Å². The Labute approximate surface area is 66.5 Å². The zero-order valence-electron chi connectivity index (χ0n) is 6.10. The van der Waals surface area contributed by atoms with Crippen molar-refractivity contribution < 1.29 is 9.32 Å². The molecule has 0 saturated heterocycles. The Morgan fingerprint density at radius 1 is 1.82 bits per heavy atom. The predicted octanol–water partition coefficient (Wildman–Crippen LogP) is -0.992. The molecule has 0 saturated carbocycles. The molecular formula is C5H9N3O2S. The smallest absolute Gasteiger partial charge is 0.221 e. The van der Waals surface area contributed by atoms with Crippen molar-refractivity contribution in [2.45, 2.75) is 11.7 Å². The average molecular weight is 175 g/mol. The van der Waals surface area contributed by atoms with Crippen LogP contribution in [0.4, 0.5) is 0 Å². The van der Waals surface area contributed by atoms with Crippen molar-refractivity contribution in [1.29, 1.82) is 0 Å². The van der Waals surface area contributed by atoms with Crippen molar-refractivity contribution in [3.05, 3.63) is 6.33 Å². The van der Waals surface area contributed by atoms with Crippen molar-refractivity contribution in [2.24, 2.45) is 0 Å². The van der Waals surface area contributed by atoms with Gasteiger partial charge in [-0.2, -0.15) is 0 Å². The number of aliphatic hydroxyl groups is 1. The number of rotatable bonds is 3. The molecule has 0 aliphatic heterocycles. The van der Waals surface area contributed by atoms with Crippen LogP contribution in [0.5, 0.6) is 0 Å². The lowest BCUT2D eigenvalue weighted by molar-refractivity contribution is 0.271. The first-order chi connectivity index (χ1) is 5.25. The van der Waals surface area contributed by atoms with E-state index in [-0.39, 0.29) is 6.61 Å². The molecule has 1 heterocycles. The van der Waals surface area contributed by atoms with Crippen LogP contribution in [-0.4, -0.2) is 36.9 Å². The van der Waals surface area contributed by atoms with Crippen LogP contribution in [0.25, 0.3) is 0 Å². The highest BCUT2D eigenvalue weighted by molar-refractivity contribution is 7.84. The van der Waals surface area contributed by atoms with Crippen molar-refractivity contribution in [2.75, 3.05) is 12.9 Å². The molecule has 0 spiro atoms. The lowest BCUT2D eigenvalue weighted by Crippen LogP contribution is -2.06. The standard InChI is InChI=1S/C5H9N3O2S/c1-11(10)5-7-6-4-8(5)2-3-9/h4,9H,2-3H2,1H3. The summed E-state index contributed by atoms with van der Waals surface area (Å²) in [6.07, 6.45) is 2.98. The minimum absolute atomic E-state index is 0.00222. The van der Waals surface area contributed by atoms with Crippen LogP contribution in [0.15, 0.2) is 11.5 Å². The molecule has 1 unspecified atom stereocenters. The van der Waals surface area contributed by atoms with Crippen LogP contribution in [-0.2, 0) is 17.3 Å². The first kappa shape index (κ1) is 8.35. The van der Waals surface area contributed by atoms with Crippen LogP contribution >= 0.6 is 0 Å². The summed E-state index contributed by atoms with van der Waals surface area (Å²) in [6, 6.07) is 0. The molecule has 5 nitrogen and oxygen atoms in total. The lowest BCUT2D eigenvalue weighted by atomic mass is 10.7. The maximum absolute atomic E-state index is 10.9. The van der Waals surface area contributed by atoms with Gasteiger partial charge in [-0.05, 0) is 0 Å². The molecule has 1 rings (SSSR count). The maximum Gasteiger partial charge on any atom is 0.221 e. The van der Waals surface area contributed by atoms with Gasteiger partial charge in [-0.1, -0.05) is 0 Å². The zero-order valence-corrected chi connectivity index (χ0v) is 6.91. The summed E-state index contributed by atoms with van der Waals surface area (Å²) in [5, 5.41) is 16.2. The summed E-state index contributed by atoms with van der Waals surface area (Å²) in [4.78, 5) is 0. The highest BCUT2D eigenvalue weighted by atomic mass is 32.2. The number of hydrogen-bond acceptors (Lipinski definition) is 4. The minimum atomic E-state index is -1.13. The van der Waals surface area contributed by atoms with Gasteiger partial charge in [0.1, 0.15) is 6.33 Å². The van der Waals surface area contributed by atoms with Crippen molar-refractivity contribution in [1.82, 2.24) is 14.8 Å². The van der Waals surface area contributed by atoms with E-state index in [4.69, 9.17) is 5.11 Å². The van der Waals surface area contributed by atoms with E-state index in [1.54, 1.807) is 4.57 Å². The molecule has 1 aromatic heterocycles. The Hall–Kier alpha value is -0.750. The van der Waals surface area contributed by atoms with Crippen LogP contribution < -0.4 is 0 Å². The summed E-state index contributed by atoms with van der Waals surface area (Å²) in [5.74, 6) is 0. The Morgan fingerprint density at radius 3 is 3.09 bits per heavy atom. The van der Waals surface area contributed by atoms with Crippen LogP contribution in [0.1, 0.15) is 0 Å². The van der Waals surface area contributed by atoms with Gasteiger partial charge in [0, 0.05) is 12.8 Å². The van der Waals surface area contributed by atoms with Crippen molar-refractivity contribution in [3.63, 3.8) is 0 Å². The van der Waals surface area contributed by atoms with E-state index in [0.29, 0.717) is 11.7 Å². The molecular weight excluding hydrogens is 166 g/mol. The molecule has 0 aromatic carbocycles. The molecule has 0 amide bonds. The first-order valence-corrected chi connectivity index (χ1v) is 4.63. The molecule has 1 aromatic rings. The fourth-order valence-electron chi connectivity index (χ4n) is 0.728. The summed E-state index contributed by atoms with van der Waals surface area (Å²) in [6.45, 7) is 0.393.